The van der Waals surface area contributed by atoms with Crippen LogP contribution in [0.3, 0.4) is 0 Å². The van der Waals surface area contributed by atoms with Gasteiger partial charge in [-0.1, -0.05) is 18.2 Å². The Morgan fingerprint density at radius 3 is 2.60 bits per heavy atom. The first-order chi connectivity index (χ1) is 7.33. The van der Waals surface area contributed by atoms with Crippen molar-refractivity contribution >= 4 is 11.8 Å². The van der Waals surface area contributed by atoms with Gasteiger partial charge in [-0.15, -0.1) is 11.8 Å². The molecule has 3 N–H and O–H groups in total. The molecule has 1 atom stereocenters. The molecule has 0 amide bonds. The summed E-state index contributed by atoms with van der Waals surface area (Å²) in [7, 11) is 0. The van der Waals surface area contributed by atoms with E-state index in [-0.39, 0.29) is 12.6 Å². The largest absolute Gasteiger partial charge is 0.396 e. The highest BCUT2D eigenvalue weighted by Gasteiger charge is 2.02. The summed E-state index contributed by atoms with van der Waals surface area (Å²) in [5.74, 6) is 0.954. The SMILES string of the molecule is N[C@H](CCCCO)CSc1ccccc1. The third-order valence-corrected chi connectivity index (χ3v) is 3.39. The molecule has 0 bridgehead atoms. The molecular weight excluding hydrogens is 206 g/mol. The Hall–Kier alpha value is -0.510. The van der Waals surface area contributed by atoms with Crippen molar-refractivity contribution in [2.45, 2.75) is 30.2 Å². The molecule has 1 aromatic carbocycles. The van der Waals surface area contributed by atoms with Crippen LogP contribution in [0.15, 0.2) is 35.2 Å². The van der Waals surface area contributed by atoms with Crippen molar-refractivity contribution in [3.05, 3.63) is 30.3 Å². The van der Waals surface area contributed by atoms with E-state index in [9.17, 15) is 0 Å². The van der Waals surface area contributed by atoms with Crippen LogP contribution >= 0.6 is 11.8 Å². The first-order valence-corrected chi connectivity index (χ1v) is 6.36. The van der Waals surface area contributed by atoms with Gasteiger partial charge in [0.15, 0.2) is 0 Å². The second-order valence-corrected chi connectivity index (χ2v) is 4.70. The average molecular weight is 225 g/mol. The number of aliphatic hydroxyl groups excluding tert-OH is 1. The third-order valence-electron chi connectivity index (χ3n) is 2.19. The Bertz CT molecular complexity index is 253. The number of benzene rings is 1. The average Bonchev–Trinajstić information content (AvgIpc) is 2.28. The summed E-state index contributed by atoms with van der Waals surface area (Å²) < 4.78 is 0. The second kappa shape index (κ2) is 7.74. The highest BCUT2D eigenvalue weighted by Crippen LogP contribution is 2.18. The van der Waals surface area contributed by atoms with Gasteiger partial charge in [0.05, 0.1) is 0 Å². The van der Waals surface area contributed by atoms with Crippen LogP contribution in [0.2, 0.25) is 0 Å². The van der Waals surface area contributed by atoms with Gasteiger partial charge in [-0.05, 0) is 31.4 Å². The summed E-state index contributed by atoms with van der Waals surface area (Å²) in [6.07, 6.45) is 2.89. The molecule has 84 valence electrons. The van der Waals surface area contributed by atoms with Gasteiger partial charge in [-0.3, -0.25) is 0 Å². The molecule has 0 aliphatic rings. The van der Waals surface area contributed by atoms with Gasteiger partial charge >= 0.3 is 0 Å². The zero-order chi connectivity index (χ0) is 10.9. The fourth-order valence-electron chi connectivity index (χ4n) is 1.32. The molecule has 0 radical (unpaired) electrons. The third kappa shape index (κ3) is 5.82. The maximum Gasteiger partial charge on any atom is 0.0431 e. The standard InChI is InChI=1S/C12H19NOS/c13-11(6-4-5-9-14)10-15-12-7-2-1-3-8-12/h1-3,7-8,11,14H,4-6,9-10,13H2/t11-/m1/s1. The van der Waals surface area contributed by atoms with Gasteiger partial charge < -0.3 is 10.8 Å². The van der Waals surface area contributed by atoms with Crippen LogP contribution in [0.25, 0.3) is 0 Å². The van der Waals surface area contributed by atoms with E-state index in [1.54, 1.807) is 11.8 Å². The zero-order valence-corrected chi connectivity index (χ0v) is 9.75. The van der Waals surface area contributed by atoms with E-state index in [4.69, 9.17) is 10.8 Å². The van der Waals surface area contributed by atoms with Crippen molar-refractivity contribution in [1.82, 2.24) is 0 Å². The van der Waals surface area contributed by atoms with E-state index >= 15 is 0 Å². The molecule has 0 saturated carbocycles. The minimum absolute atomic E-state index is 0.238. The van der Waals surface area contributed by atoms with Crippen molar-refractivity contribution in [1.29, 1.82) is 0 Å². The number of nitrogens with two attached hydrogens (primary N) is 1. The maximum atomic E-state index is 8.64. The Morgan fingerprint density at radius 2 is 1.93 bits per heavy atom. The first-order valence-electron chi connectivity index (χ1n) is 5.37. The number of rotatable bonds is 7. The monoisotopic (exact) mass is 225 g/mol. The summed E-state index contributed by atoms with van der Waals surface area (Å²) in [6.45, 7) is 0.276. The summed E-state index contributed by atoms with van der Waals surface area (Å²) in [6, 6.07) is 10.5. The quantitative estimate of drug-likeness (QED) is 0.553. The van der Waals surface area contributed by atoms with Crippen LogP contribution < -0.4 is 5.73 Å². The van der Waals surface area contributed by atoms with Gasteiger partial charge in [0.1, 0.15) is 0 Å². The molecule has 2 nitrogen and oxygen atoms in total. The van der Waals surface area contributed by atoms with Gasteiger partial charge in [0, 0.05) is 23.3 Å². The first kappa shape index (κ1) is 12.6. The Balaban J connectivity index is 2.14. The maximum absolute atomic E-state index is 8.64. The number of aliphatic hydroxyl groups is 1. The van der Waals surface area contributed by atoms with Crippen molar-refractivity contribution in [2.75, 3.05) is 12.4 Å². The lowest BCUT2D eigenvalue weighted by Gasteiger charge is -2.10. The number of hydrogen-bond acceptors (Lipinski definition) is 3. The Labute approximate surface area is 95.9 Å². The van der Waals surface area contributed by atoms with E-state index in [2.05, 4.69) is 12.1 Å². The van der Waals surface area contributed by atoms with Crippen molar-refractivity contribution < 1.29 is 5.11 Å². The molecule has 1 aromatic rings. The molecule has 0 fully saturated rings. The Morgan fingerprint density at radius 1 is 1.20 bits per heavy atom. The predicted molar refractivity (Wildman–Crippen MR) is 66.1 cm³/mol. The van der Waals surface area contributed by atoms with Gasteiger partial charge in [-0.2, -0.15) is 0 Å². The summed E-state index contributed by atoms with van der Waals surface area (Å²) in [4.78, 5) is 1.27. The molecule has 0 unspecified atom stereocenters. The molecule has 0 heterocycles. The van der Waals surface area contributed by atoms with E-state index in [0.717, 1.165) is 25.0 Å². The molecule has 15 heavy (non-hydrogen) atoms. The van der Waals surface area contributed by atoms with Crippen LogP contribution in [0.4, 0.5) is 0 Å². The van der Waals surface area contributed by atoms with Crippen LogP contribution in [-0.4, -0.2) is 23.5 Å². The minimum atomic E-state index is 0.238. The molecule has 0 aliphatic carbocycles. The van der Waals surface area contributed by atoms with Crippen LogP contribution in [0.5, 0.6) is 0 Å². The molecular formula is C12H19NOS. The van der Waals surface area contributed by atoms with Gasteiger partial charge in [-0.25, -0.2) is 0 Å². The van der Waals surface area contributed by atoms with E-state index in [1.165, 1.54) is 4.90 Å². The molecule has 0 aromatic heterocycles. The van der Waals surface area contributed by atoms with Crippen molar-refractivity contribution in [3.63, 3.8) is 0 Å². The molecule has 3 heteroatoms. The Kier molecular flexibility index (Phi) is 6.48. The summed E-state index contributed by atoms with van der Waals surface area (Å²) in [5, 5.41) is 8.64. The predicted octanol–water partition coefficient (Wildman–Crippen LogP) is 2.27. The van der Waals surface area contributed by atoms with Gasteiger partial charge in [0.2, 0.25) is 0 Å². The normalized spacial score (nSPS) is 12.7. The number of hydrogen-bond donors (Lipinski definition) is 2. The highest BCUT2D eigenvalue weighted by atomic mass is 32.2. The summed E-state index contributed by atoms with van der Waals surface area (Å²) in [5.41, 5.74) is 5.96. The number of unbranched alkanes of at least 4 members (excludes halogenated alkanes) is 1. The van der Waals surface area contributed by atoms with Gasteiger partial charge in [0.25, 0.3) is 0 Å². The fraction of sp³-hybridized carbons (Fsp3) is 0.500. The zero-order valence-electron chi connectivity index (χ0n) is 8.93. The van der Waals surface area contributed by atoms with E-state index < -0.39 is 0 Å². The lowest BCUT2D eigenvalue weighted by Crippen LogP contribution is -2.22. The lowest BCUT2D eigenvalue weighted by atomic mass is 10.1. The molecule has 0 saturated heterocycles. The van der Waals surface area contributed by atoms with Crippen LogP contribution in [0.1, 0.15) is 19.3 Å². The minimum Gasteiger partial charge on any atom is -0.396 e. The molecule has 0 spiro atoms. The second-order valence-electron chi connectivity index (χ2n) is 3.60. The number of thioether (sulfide) groups is 1. The highest BCUT2D eigenvalue weighted by molar-refractivity contribution is 7.99. The van der Waals surface area contributed by atoms with Crippen molar-refractivity contribution in [2.24, 2.45) is 5.73 Å². The smallest absolute Gasteiger partial charge is 0.0431 e. The van der Waals surface area contributed by atoms with Crippen LogP contribution in [0, 0.1) is 0 Å². The van der Waals surface area contributed by atoms with E-state index in [1.807, 2.05) is 18.2 Å². The summed E-state index contributed by atoms with van der Waals surface area (Å²) >= 11 is 1.80. The van der Waals surface area contributed by atoms with Crippen LogP contribution in [-0.2, 0) is 0 Å². The molecule has 1 rings (SSSR count). The van der Waals surface area contributed by atoms with E-state index in [0.29, 0.717) is 0 Å². The topological polar surface area (TPSA) is 46.2 Å². The lowest BCUT2D eigenvalue weighted by molar-refractivity contribution is 0.282. The van der Waals surface area contributed by atoms with Crippen molar-refractivity contribution in [3.8, 4) is 0 Å². The fourth-order valence-corrected chi connectivity index (χ4v) is 2.24. The molecule has 0 aliphatic heterocycles.